The fraction of sp³-hybridized carbons (Fsp3) is 0.222. The van der Waals surface area contributed by atoms with E-state index in [1.165, 1.54) is 7.11 Å². The van der Waals surface area contributed by atoms with E-state index in [4.69, 9.17) is 9.47 Å². The van der Waals surface area contributed by atoms with Gasteiger partial charge in [-0.25, -0.2) is 0 Å². The van der Waals surface area contributed by atoms with Crippen LogP contribution in [0.2, 0.25) is 0 Å². The van der Waals surface area contributed by atoms with Crippen LogP contribution in [-0.4, -0.2) is 18.2 Å². The van der Waals surface area contributed by atoms with Crippen LogP contribution < -0.4 is 4.74 Å². The molecule has 3 aromatic rings. The number of hydrogen-bond acceptors (Lipinski definition) is 4. The highest BCUT2D eigenvalue weighted by atomic mass is 79.9. The topological polar surface area (TPSA) is 55.8 Å². The first kappa shape index (κ1) is 25.1. The number of esters is 1. The number of hydrogen-bond donors (Lipinski definition) is 1. The molecule has 0 aromatic heterocycles. The van der Waals surface area contributed by atoms with Crippen LogP contribution in [0.3, 0.4) is 0 Å². The number of methoxy groups -OCH3 is 1. The first-order valence-electron chi connectivity index (χ1n) is 10.6. The van der Waals surface area contributed by atoms with Crippen LogP contribution >= 0.6 is 31.9 Å². The summed E-state index contributed by atoms with van der Waals surface area (Å²) in [6.45, 7) is 4.07. The third-order valence-electron chi connectivity index (χ3n) is 5.14. The highest BCUT2D eigenvalue weighted by Crippen LogP contribution is 2.41. The highest BCUT2D eigenvalue weighted by Gasteiger charge is 2.16. The summed E-state index contributed by atoms with van der Waals surface area (Å²) in [7, 11) is 1.39. The smallest absolute Gasteiger partial charge is 0.305 e. The number of carbonyl (C=O) groups is 1. The standard InChI is InChI=1S/C27H26Br2O4/c1-17(2)22-16-21(15-20(26(22)31)11-9-18-7-5-4-6-8-18)33-27-23(28)13-19(14-24(27)29)10-12-25(30)32-3/h4-9,11,13-17,31H,10,12H2,1-3H3/b11-9+. The van der Waals surface area contributed by atoms with E-state index >= 15 is 0 Å². The van der Waals surface area contributed by atoms with Gasteiger partial charge in [-0.2, -0.15) is 0 Å². The number of benzene rings is 3. The van der Waals surface area contributed by atoms with Gasteiger partial charge in [-0.05, 0) is 79.6 Å². The molecule has 0 heterocycles. The monoisotopic (exact) mass is 572 g/mol. The van der Waals surface area contributed by atoms with E-state index in [0.717, 1.165) is 25.6 Å². The summed E-state index contributed by atoms with van der Waals surface area (Å²) >= 11 is 7.17. The lowest BCUT2D eigenvalue weighted by Crippen LogP contribution is -2.02. The van der Waals surface area contributed by atoms with Crippen molar-refractivity contribution in [1.82, 2.24) is 0 Å². The van der Waals surface area contributed by atoms with Crippen molar-refractivity contribution >= 4 is 50.0 Å². The summed E-state index contributed by atoms with van der Waals surface area (Å²) in [5, 5.41) is 10.8. The first-order chi connectivity index (χ1) is 15.8. The summed E-state index contributed by atoms with van der Waals surface area (Å²) in [6, 6.07) is 17.5. The van der Waals surface area contributed by atoms with Crippen molar-refractivity contribution in [3.63, 3.8) is 0 Å². The number of aromatic hydroxyl groups is 1. The quantitative estimate of drug-likeness (QED) is 0.218. The van der Waals surface area contributed by atoms with Gasteiger partial charge in [0.05, 0.1) is 16.1 Å². The maximum Gasteiger partial charge on any atom is 0.305 e. The molecule has 0 spiro atoms. The molecular weight excluding hydrogens is 548 g/mol. The predicted octanol–water partition coefficient (Wildman–Crippen LogP) is 8.11. The van der Waals surface area contributed by atoms with Gasteiger partial charge in [-0.1, -0.05) is 56.3 Å². The van der Waals surface area contributed by atoms with Gasteiger partial charge in [0.25, 0.3) is 0 Å². The van der Waals surface area contributed by atoms with Gasteiger partial charge in [0.1, 0.15) is 11.5 Å². The number of phenols is 1. The Kier molecular flexibility index (Phi) is 8.75. The molecule has 0 bridgehead atoms. The molecule has 0 atom stereocenters. The zero-order valence-corrected chi connectivity index (χ0v) is 21.9. The lowest BCUT2D eigenvalue weighted by Gasteiger charge is -2.16. The van der Waals surface area contributed by atoms with Crippen molar-refractivity contribution in [2.24, 2.45) is 0 Å². The highest BCUT2D eigenvalue weighted by molar-refractivity contribution is 9.11. The third-order valence-corrected chi connectivity index (χ3v) is 6.32. The second kappa shape index (κ2) is 11.5. The van der Waals surface area contributed by atoms with Gasteiger partial charge in [-0.3, -0.25) is 4.79 Å². The minimum absolute atomic E-state index is 0.116. The van der Waals surface area contributed by atoms with Gasteiger partial charge in [0.2, 0.25) is 0 Å². The number of ether oxygens (including phenoxy) is 2. The number of halogens is 2. The van der Waals surface area contributed by atoms with Gasteiger partial charge in [0, 0.05) is 17.5 Å². The number of aryl methyl sites for hydroxylation is 1. The normalized spacial score (nSPS) is 11.2. The Labute approximate surface area is 211 Å². The molecular formula is C27H26Br2O4. The molecule has 0 amide bonds. The van der Waals surface area contributed by atoms with Crippen LogP contribution in [0.4, 0.5) is 0 Å². The fourth-order valence-electron chi connectivity index (χ4n) is 3.35. The van der Waals surface area contributed by atoms with Crippen molar-refractivity contribution in [3.8, 4) is 17.2 Å². The Balaban J connectivity index is 1.92. The van der Waals surface area contributed by atoms with Gasteiger partial charge < -0.3 is 14.6 Å². The number of rotatable bonds is 8. The SMILES string of the molecule is COC(=O)CCc1cc(Br)c(Oc2cc(/C=C/c3ccccc3)c(O)c(C(C)C)c2)c(Br)c1. The summed E-state index contributed by atoms with van der Waals surface area (Å²) in [5.41, 5.74) is 3.51. The molecule has 0 saturated carbocycles. The van der Waals surface area contributed by atoms with Crippen LogP contribution in [0.15, 0.2) is 63.5 Å². The molecule has 33 heavy (non-hydrogen) atoms. The zero-order valence-electron chi connectivity index (χ0n) is 18.8. The molecule has 0 fully saturated rings. The Morgan fingerprint density at radius 2 is 1.70 bits per heavy atom. The molecule has 4 nitrogen and oxygen atoms in total. The molecule has 172 valence electrons. The van der Waals surface area contributed by atoms with E-state index in [1.807, 2.05) is 80.6 Å². The van der Waals surface area contributed by atoms with Gasteiger partial charge in [0.15, 0.2) is 5.75 Å². The minimum atomic E-state index is -0.246. The van der Waals surface area contributed by atoms with Crippen molar-refractivity contribution in [2.75, 3.05) is 7.11 Å². The van der Waals surface area contributed by atoms with Crippen LogP contribution in [0, 0.1) is 0 Å². The molecule has 0 saturated heterocycles. The van der Waals surface area contributed by atoms with Crippen LogP contribution in [0.5, 0.6) is 17.2 Å². The van der Waals surface area contributed by atoms with E-state index < -0.39 is 0 Å². The molecule has 3 rings (SSSR count). The lowest BCUT2D eigenvalue weighted by atomic mass is 9.98. The third kappa shape index (κ3) is 6.71. The summed E-state index contributed by atoms with van der Waals surface area (Å²) in [4.78, 5) is 11.5. The second-order valence-electron chi connectivity index (χ2n) is 7.92. The molecule has 3 aromatic carbocycles. The van der Waals surface area contributed by atoms with E-state index in [0.29, 0.717) is 29.9 Å². The van der Waals surface area contributed by atoms with Crippen molar-refractivity contribution in [1.29, 1.82) is 0 Å². The minimum Gasteiger partial charge on any atom is -0.507 e. The van der Waals surface area contributed by atoms with Crippen LogP contribution in [0.25, 0.3) is 12.2 Å². The van der Waals surface area contributed by atoms with E-state index in [2.05, 4.69) is 31.9 Å². The van der Waals surface area contributed by atoms with Crippen molar-refractivity contribution in [2.45, 2.75) is 32.6 Å². The maximum atomic E-state index is 11.5. The molecule has 0 radical (unpaired) electrons. The average Bonchev–Trinajstić information content (AvgIpc) is 2.80. The summed E-state index contributed by atoms with van der Waals surface area (Å²) in [5.74, 6) is 1.36. The molecule has 0 aliphatic carbocycles. The van der Waals surface area contributed by atoms with Gasteiger partial charge >= 0.3 is 5.97 Å². The first-order valence-corrected chi connectivity index (χ1v) is 12.2. The van der Waals surface area contributed by atoms with E-state index in [-0.39, 0.29) is 17.6 Å². The number of carbonyl (C=O) groups excluding carboxylic acids is 1. The molecule has 6 heteroatoms. The zero-order chi connectivity index (χ0) is 24.0. The molecule has 0 unspecified atom stereocenters. The lowest BCUT2D eigenvalue weighted by molar-refractivity contribution is -0.140. The molecule has 0 aliphatic heterocycles. The van der Waals surface area contributed by atoms with Crippen LogP contribution in [0.1, 0.15) is 48.4 Å². The Morgan fingerprint density at radius 3 is 2.30 bits per heavy atom. The Morgan fingerprint density at radius 1 is 1.03 bits per heavy atom. The summed E-state index contributed by atoms with van der Waals surface area (Å²) in [6.07, 6.45) is 4.73. The Bertz CT molecular complexity index is 1130. The largest absolute Gasteiger partial charge is 0.507 e. The van der Waals surface area contributed by atoms with Gasteiger partial charge in [-0.15, -0.1) is 0 Å². The van der Waals surface area contributed by atoms with Crippen LogP contribution in [-0.2, 0) is 16.0 Å². The van der Waals surface area contributed by atoms with Crippen molar-refractivity contribution in [3.05, 3.63) is 85.8 Å². The molecule has 0 aliphatic rings. The van der Waals surface area contributed by atoms with Crippen molar-refractivity contribution < 1.29 is 19.4 Å². The maximum absolute atomic E-state index is 11.5. The molecule has 1 N–H and O–H groups in total. The number of phenolic OH excluding ortho intramolecular Hbond substituents is 1. The average molecular weight is 574 g/mol. The van der Waals surface area contributed by atoms with E-state index in [9.17, 15) is 9.90 Å². The summed E-state index contributed by atoms with van der Waals surface area (Å²) < 4.78 is 12.5. The predicted molar refractivity (Wildman–Crippen MR) is 140 cm³/mol. The fourth-order valence-corrected chi connectivity index (χ4v) is 4.79. The second-order valence-corrected chi connectivity index (χ2v) is 9.62. The Hall–Kier alpha value is -2.57. The van der Waals surface area contributed by atoms with E-state index in [1.54, 1.807) is 0 Å².